The van der Waals surface area contributed by atoms with E-state index in [0.29, 0.717) is 45.7 Å². The second-order valence-corrected chi connectivity index (χ2v) is 10.1. The Hall–Kier alpha value is -3.78. The number of carbonyl (C=O) groups is 1. The van der Waals surface area contributed by atoms with Crippen LogP contribution in [0, 0.1) is 0 Å². The lowest BCUT2D eigenvalue weighted by molar-refractivity contribution is 0.0942. The molecule has 3 aromatic heterocycles. The summed E-state index contributed by atoms with van der Waals surface area (Å²) in [7, 11) is 1.57. The van der Waals surface area contributed by atoms with Gasteiger partial charge in [0.25, 0.3) is 5.91 Å². The number of fused-ring (bicyclic) bond motifs is 2. The van der Waals surface area contributed by atoms with E-state index in [0.717, 1.165) is 35.3 Å². The number of methoxy groups -OCH3 is 1. The van der Waals surface area contributed by atoms with Gasteiger partial charge in [-0.2, -0.15) is 0 Å². The molecule has 0 bridgehead atoms. The largest absolute Gasteiger partial charge is 0.493 e. The molecule has 1 atom stereocenters. The maximum Gasteiger partial charge on any atom is 0.255 e. The summed E-state index contributed by atoms with van der Waals surface area (Å²) >= 11 is 6.39. The van der Waals surface area contributed by atoms with Crippen LogP contribution in [0.3, 0.4) is 0 Å². The maximum atomic E-state index is 13.1. The van der Waals surface area contributed by atoms with E-state index in [9.17, 15) is 4.79 Å². The van der Waals surface area contributed by atoms with Gasteiger partial charge in [0.05, 0.1) is 40.3 Å². The average Bonchev–Trinajstić information content (AvgIpc) is 3.46. The molecular formula is C27H26ClN5O3. The second kappa shape index (κ2) is 8.41. The van der Waals surface area contributed by atoms with E-state index in [-0.39, 0.29) is 17.4 Å². The molecule has 1 aromatic carbocycles. The number of nitrogens with one attached hydrogen (secondary N) is 3. The number of benzene rings is 1. The summed E-state index contributed by atoms with van der Waals surface area (Å²) < 4.78 is 11.7. The number of ether oxygens (including phenoxy) is 2. The number of hydrogen-bond donors (Lipinski definition) is 3. The number of H-pyrrole nitrogens is 1. The predicted octanol–water partition coefficient (Wildman–Crippen LogP) is 5.81. The second-order valence-electron chi connectivity index (χ2n) is 9.65. The Balaban J connectivity index is 1.56. The van der Waals surface area contributed by atoms with Crippen LogP contribution in [0.5, 0.6) is 11.6 Å². The first-order valence-electron chi connectivity index (χ1n) is 12.0. The molecule has 2 aliphatic rings. The van der Waals surface area contributed by atoms with Crippen molar-refractivity contribution in [1.82, 2.24) is 20.3 Å². The van der Waals surface area contributed by atoms with Gasteiger partial charge in [-0.3, -0.25) is 9.78 Å². The van der Waals surface area contributed by atoms with E-state index in [2.05, 4.69) is 34.4 Å². The highest BCUT2D eigenvalue weighted by atomic mass is 35.5. The molecular weight excluding hydrogens is 478 g/mol. The SMILES string of the molecule is COc1c(Cl)cccc1Nc1c(-c2ccnc3ccc(OC4(C)CC4)nc23)[nH]c2c1C(=O)NC[C@@H]2C. The van der Waals surface area contributed by atoms with E-state index in [4.69, 9.17) is 26.1 Å². The Bertz CT molecular complexity index is 1510. The molecule has 184 valence electrons. The lowest BCUT2D eigenvalue weighted by Gasteiger charge is -2.20. The third-order valence-electron chi connectivity index (χ3n) is 6.88. The molecule has 1 aliphatic carbocycles. The molecule has 36 heavy (non-hydrogen) atoms. The van der Waals surface area contributed by atoms with Crippen LogP contribution in [0.2, 0.25) is 5.02 Å². The van der Waals surface area contributed by atoms with E-state index in [1.807, 2.05) is 30.3 Å². The monoisotopic (exact) mass is 503 g/mol. The summed E-state index contributed by atoms with van der Waals surface area (Å²) in [6, 6.07) is 11.1. The highest BCUT2D eigenvalue weighted by Crippen LogP contribution is 2.44. The molecule has 0 spiro atoms. The summed E-state index contributed by atoms with van der Waals surface area (Å²) in [6.07, 6.45) is 3.77. The number of nitrogens with zero attached hydrogens (tertiary/aromatic N) is 2. The standard InChI is InChI=1S/C27H26ClN5O3/c1-14-13-30-26(34)20-21(14)33-23(24(20)31-18-6-4-5-16(28)25(18)35-3)15-9-12-29-17-7-8-19(32-22(15)17)36-27(2)10-11-27/h4-9,12,14,31,33H,10-11,13H2,1-3H3,(H,30,34)/t14-/m0/s1. The lowest BCUT2D eigenvalue weighted by Crippen LogP contribution is -2.33. The minimum absolute atomic E-state index is 0.100. The van der Waals surface area contributed by atoms with Crippen molar-refractivity contribution in [3.05, 3.63) is 58.9 Å². The van der Waals surface area contributed by atoms with Gasteiger partial charge in [0.2, 0.25) is 5.88 Å². The normalized spacial score (nSPS) is 17.9. The van der Waals surface area contributed by atoms with Gasteiger partial charge in [-0.1, -0.05) is 24.6 Å². The third kappa shape index (κ3) is 3.82. The number of rotatable bonds is 6. The van der Waals surface area contributed by atoms with Gasteiger partial charge in [0.1, 0.15) is 11.1 Å². The molecule has 8 nitrogen and oxygen atoms in total. The molecule has 1 aliphatic heterocycles. The van der Waals surface area contributed by atoms with Crippen LogP contribution in [0.25, 0.3) is 22.3 Å². The highest BCUT2D eigenvalue weighted by molar-refractivity contribution is 6.32. The van der Waals surface area contributed by atoms with Crippen molar-refractivity contribution < 1.29 is 14.3 Å². The van der Waals surface area contributed by atoms with Crippen LogP contribution in [-0.4, -0.2) is 40.1 Å². The van der Waals surface area contributed by atoms with Crippen LogP contribution in [0.4, 0.5) is 11.4 Å². The molecule has 3 N–H and O–H groups in total. The molecule has 1 amide bonds. The smallest absolute Gasteiger partial charge is 0.255 e. The Kier molecular flexibility index (Phi) is 5.30. The number of hydrogen-bond acceptors (Lipinski definition) is 6. The molecule has 9 heteroatoms. The van der Waals surface area contributed by atoms with Gasteiger partial charge in [-0.05, 0) is 44.0 Å². The Morgan fingerprint density at radius 2 is 2.03 bits per heavy atom. The van der Waals surface area contributed by atoms with Crippen LogP contribution in [0.1, 0.15) is 48.7 Å². The van der Waals surface area contributed by atoms with Crippen molar-refractivity contribution in [2.75, 3.05) is 19.0 Å². The Labute approximate surface area is 213 Å². The maximum absolute atomic E-state index is 13.1. The summed E-state index contributed by atoms with van der Waals surface area (Å²) in [5, 5.41) is 6.90. The number of halogens is 1. The fraction of sp³-hybridized carbons (Fsp3) is 0.296. The van der Waals surface area contributed by atoms with E-state index in [1.165, 1.54) is 0 Å². The number of anilines is 2. The first-order chi connectivity index (χ1) is 17.4. The average molecular weight is 504 g/mol. The number of pyridine rings is 2. The van der Waals surface area contributed by atoms with Gasteiger partial charge < -0.3 is 25.1 Å². The van der Waals surface area contributed by atoms with Crippen LogP contribution in [-0.2, 0) is 0 Å². The van der Waals surface area contributed by atoms with Gasteiger partial charge in [0, 0.05) is 36.0 Å². The van der Waals surface area contributed by atoms with Crippen molar-refractivity contribution in [2.24, 2.45) is 0 Å². The number of aromatic amines is 1. The first kappa shape index (κ1) is 22.7. The fourth-order valence-electron chi connectivity index (χ4n) is 4.63. The lowest BCUT2D eigenvalue weighted by atomic mass is 9.98. The number of carbonyl (C=O) groups excluding carboxylic acids is 1. The number of amides is 1. The molecule has 0 saturated heterocycles. The zero-order valence-corrected chi connectivity index (χ0v) is 21.0. The van der Waals surface area contributed by atoms with Crippen LogP contribution in [0.15, 0.2) is 42.6 Å². The van der Waals surface area contributed by atoms with Crippen LogP contribution >= 0.6 is 11.6 Å². The minimum Gasteiger partial charge on any atom is -0.493 e. The van der Waals surface area contributed by atoms with Crippen molar-refractivity contribution in [2.45, 2.75) is 38.2 Å². The highest BCUT2D eigenvalue weighted by Gasteiger charge is 2.40. The molecule has 4 aromatic rings. The summed E-state index contributed by atoms with van der Waals surface area (Å²) in [5.41, 5.74) is 5.51. The third-order valence-corrected chi connectivity index (χ3v) is 7.18. The van der Waals surface area contributed by atoms with Gasteiger partial charge >= 0.3 is 0 Å². The van der Waals surface area contributed by atoms with E-state index >= 15 is 0 Å². The first-order valence-corrected chi connectivity index (χ1v) is 12.3. The predicted molar refractivity (Wildman–Crippen MR) is 140 cm³/mol. The zero-order chi connectivity index (χ0) is 25.0. The molecule has 0 unspecified atom stereocenters. The van der Waals surface area contributed by atoms with Crippen molar-refractivity contribution >= 4 is 39.9 Å². The van der Waals surface area contributed by atoms with Gasteiger partial charge in [-0.25, -0.2) is 4.98 Å². The minimum atomic E-state index is -0.155. The van der Waals surface area contributed by atoms with E-state index < -0.39 is 0 Å². The molecule has 0 radical (unpaired) electrons. The molecule has 4 heterocycles. The summed E-state index contributed by atoms with van der Waals surface area (Å²) in [4.78, 5) is 26.0. The number of para-hydroxylation sites is 1. The zero-order valence-electron chi connectivity index (χ0n) is 20.2. The van der Waals surface area contributed by atoms with E-state index in [1.54, 1.807) is 19.4 Å². The molecule has 1 fully saturated rings. The topological polar surface area (TPSA) is 101 Å². The Morgan fingerprint density at radius 1 is 1.19 bits per heavy atom. The number of aromatic nitrogens is 3. The summed E-state index contributed by atoms with van der Waals surface area (Å²) in [5.74, 6) is 1.01. The molecule has 1 saturated carbocycles. The van der Waals surface area contributed by atoms with Crippen molar-refractivity contribution in [3.63, 3.8) is 0 Å². The van der Waals surface area contributed by atoms with Crippen molar-refractivity contribution in [1.29, 1.82) is 0 Å². The fourth-order valence-corrected chi connectivity index (χ4v) is 4.89. The van der Waals surface area contributed by atoms with Crippen molar-refractivity contribution in [3.8, 4) is 22.9 Å². The van der Waals surface area contributed by atoms with Gasteiger partial charge in [-0.15, -0.1) is 0 Å². The quantitative estimate of drug-likeness (QED) is 0.307. The Morgan fingerprint density at radius 3 is 2.81 bits per heavy atom. The van der Waals surface area contributed by atoms with Gasteiger partial charge in [0.15, 0.2) is 5.75 Å². The summed E-state index contributed by atoms with van der Waals surface area (Å²) in [6.45, 7) is 4.72. The molecule has 6 rings (SSSR count). The van der Waals surface area contributed by atoms with Crippen LogP contribution < -0.4 is 20.1 Å².